The predicted octanol–water partition coefficient (Wildman–Crippen LogP) is 0.591. The van der Waals surface area contributed by atoms with Crippen molar-refractivity contribution < 1.29 is 4.74 Å². The van der Waals surface area contributed by atoms with E-state index in [2.05, 4.69) is 36.1 Å². The van der Waals surface area contributed by atoms with Crippen molar-refractivity contribution in [3.8, 4) is 6.07 Å². The average molecular weight is 326 g/mol. The molecule has 0 spiro atoms. The van der Waals surface area contributed by atoms with Crippen molar-refractivity contribution in [2.45, 2.75) is 13.0 Å². The van der Waals surface area contributed by atoms with E-state index >= 15 is 0 Å². The Balaban J connectivity index is 1.65. The fourth-order valence-electron chi connectivity index (χ4n) is 2.25. The molecule has 2 aromatic heterocycles. The molecule has 1 saturated heterocycles. The Morgan fingerprint density at radius 2 is 2.25 bits per heavy atom. The van der Waals surface area contributed by atoms with Gasteiger partial charge in [0, 0.05) is 25.7 Å². The van der Waals surface area contributed by atoms with Gasteiger partial charge in [-0.1, -0.05) is 0 Å². The highest BCUT2D eigenvalue weighted by atomic mass is 16.5. The predicted molar refractivity (Wildman–Crippen MR) is 87.9 cm³/mol. The first kappa shape index (κ1) is 16.0. The van der Waals surface area contributed by atoms with Crippen molar-refractivity contribution in [1.29, 1.82) is 5.26 Å². The molecule has 24 heavy (non-hydrogen) atoms. The molecule has 1 aliphatic heterocycles. The maximum Gasteiger partial charge on any atom is 0.158 e. The zero-order chi connectivity index (χ0) is 16.8. The monoisotopic (exact) mass is 326 g/mol. The van der Waals surface area contributed by atoms with Crippen LogP contribution in [0.25, 0.3) is 0 Å². The SMILES string of the molecule is Cc1nnc(Nc2cnc(C#N)cn2)cc1NC[C@H]1CNCCO1. The summed E-state index contributed by atoms with van der Waals surface area (Å²) in [5.41, 5.74) is 1.94. The Hall–Kier alpha value is -2.83. The van der Waals surface area contributed by atoms with Gasteiger partial charge in [-0.25, -0.2) is 9.97 Å². The summed E-state index contributed by atoms with van der Waals surface area (Å²) >= 11 is 0. The third-order valence-electron chi connectivity index (χ3n) is 3.53. The van der Waals surface area contributed by atoms with Gasteiger partial charge in [0.15, 0.2) is 11.5 Å². The second-order valence-corrected chi connectivity index (χ2v) is 5.33. The van der Waals surface area contributed by atoms with E-state index in [9.17, 15) is 0 Å². The molecule has 124 valence electrons. The number of rotatable bonds is 5. The second kappa shape index (κ2) is 7.63. The first-order chi connectivity index (χ1) is 11.7. The van der Waals surface area contributed by atoms with Gasteiger partial charge in [0.05, 0.1) is 36.5 Å². The standard InChI is InChI=1S/C15H18N8O/c1-10-13(19-8-12-7-17-2-3-24-12)4-14(23-22-10)21-15-9-18-11(5-16)6-20-15/h4,6,9,12,17H,2-3,7-8H2,1H3,(H2,19,20,21,23)/t12-/m1/s1. The molecule has 1 aliphatic rings. The summed E-state index contributed by atoms with van der Waals surface area (Å²) in [6.07, 6.45) is 3.01. The molecular formula is C15H18N8O. The molecule has 0 aliphatic carbocycles. The van der Waals surface area contributed by atoms with Gasteiger partial charge in [-0.3, -0.25) is 0 Å². The molecule has 0 aromatic carbocycles. The quantitative estimate of drug-likeness (QED) is 0.724. The molecule has 3 rings (SSSR count). The lowest BCUT2D eigenvalue weighted by Gasteiger charge is -2.24. The van der Waals surface area contributed by atoms with E-state index < -0.39 is 0 Å². The highest BCUT2D eigenvalue weighted by Crippen LogP contribution is 2.18. The van der Waals surface area contributed by atoms with Gasteiger partial charge in [-0.2, -0.15) is 10.4 Å². The van der Waals surface area contributed by atoms with E-state index in [4.69, 9.17) is 10.00 Å². The van der Waals surface area contributed by atoms with Gasteiger partial charge in [0.1, 0.15) is 11.9 Å². The molecule has 3 heterocycles. The minimum atomic E-state index is 0.132. The lowest BCUT2D eigenvalue weighted by molar-refractivity contribution is 0.0372. The lowest BCUT2D eigenvalue weighted by Crippen LogP contribution is -2.42. The smallest absolute Gasteiger partial charge is 0.158 e. The minimum absolute atomic E-state index is 0.132. The summed E-state index contributed by atoms with van der Waals surface area (Å²) in [4.78, 5) is 8.06. The van der Waals surface area contributed by atoms with Gasteiger partial charge < -0.3 is 20.7 Å². The maximum atomic E-state index is 8.73. The number of ether oxygens (including phenoxy) is 1. The Bertz CT molecular complexity index is 721. The molecule has 0 amide bonds. The van der Waals surface area contributed by atoms with E-state index in [0.29, 0.717) is 18.2 Å². The molecule has 1 fully saturated rings. The number of morpholine rings is 1. The average Bonchev–Trinajstić information content (AvgIpc) is 2.63. The number of hydrogen-bond donors (Lipinski definition) is 3. The topological polar surface area (TPSA) is 121 Å². The number of nitrogens with zero attached hydrogens (tertiary/aromatic N) is 5. The summed E-state index contributed by atoms with van der Waals surface area (Å²) in [5.74, 6) is 1.04. The summed E-state index contributed by atoms with van der Waals surface area (Å²) in [6.45, 7) is 5.03. The second-order valence-electron chi connectivity index (χ2n) is 5.33. The van der Waals surface area contributed by atoms with Crippen LogP contribution in [0.15, 0.2) is 18.5 Å². The van der Waals surface area contributed by atoms with Crippen molar-refractivity contribution in [1.82, 2.24) is 25.5 Å². The Morgan fingerprint density at radius 3 is 2.96 bits per heavy atom. The van der Waals surface area contributed by atoms with Gasteiger partial charge in [0.2, 0.25) is 0 Å². The zero-order valence-corrected chi connectivity index (χ0v) is 13.3. The molecule has 0 unspecified atom stereocenters. The van der Waals surface area contributed by atoms with Crippen LogP contribution in [0, 0.1) is 18.3 Å². The Labute approximate surface area is 139 Å². The maximum absolute atomic E-state index is 8.73. The molecule has 1 atom stereocenters. The van der Waals surface area contributed by atoms with Gasteiger partial charge in [0.25, 0.3) is 0 Å². The number of nitrogens with one attached hydrogen (secondary N) is 3. The third-order valence-corrected chi connectivity index (χ3v) is 3.53. The van der Waals surface area contributed by atoms with E-state index in [1.165, 1.54) is 12.4 Å². The van der Waals surface area contributed by atoms with Crippen LogP contribution in [0.3, 0.4) is 0 Å². The number of anilines is 3. The van der Waals surface area contributed by atoms with Crippen LogP contribution in [0.2, 0.25) is 0 Å². The summed E-state index contributed by atoms with van der Waals surface area (Å²) < 4.78 is 5.67. The molecule has 0 radical (unpaired) electrons. The van der Waals surface area contributed by atoms with Crippen molar-refractivity contribution in [3.63, 3.8) is 0 Å². The van der Waals surface area contributed by atoms with Crippen molar-refractivity contribution in [3.05, 3.63) is 29.8 Å². The number of aromatic nitrogens is 4. The third kappa shape index (κ3) is 4.13. The van der Waals surface area contributed by atoms with E-state index in [1.807, 2.05) is 19.1 Å². The van der Waals surface area contributed by atoms with Crippen LogP contribution in [0.5, 0.6) is 0 Å². The number of nitriles is 1. The van der Waals surface area contributed by atoms with E-state index in [1.54, 1.807) is 0 Å². The molecule has 9 nitrogen and oxygen atoms in total. The van der Waals surface area contributed by atoms with E-state index in [0.717, 1.165) is 31.1 Å². The van der Waals surface area contributed by atoms with Crippen LogP contribution in [0.1, 0.15) is 11.4 Å². The normalized spacial score (nSPS) is 17.1. The van der Waals surface area contributed by atoms with Crippen LogP contribution < -0.4 is 16.0 Å². The summed E-state index contributed by atoms with van der Waals surface area (Å²) in [6, 6.07) is 3.79. The van der Waals surface area contributed by atoms with E-state index in [-0.39, 0.29) is 11.8 Å². The van der Waals surface area contributed by atoms with Crippen molar-refractivity contribution >= 4 is 17.3 Å². The Morgan fingerprint density at radius 1 is 1.33 bits per heavy atom. The molecule has 3 N–H and O–H groups in total. The lowest BCUT2D eigenvalue weighted by atomic mass is 10.2. The van der Waals surface area contributed by atoms with Crippen LogP contribution in [-0.4, -0.2) is 52.5 Å². The van der Waals surface area contributed by atoms with Crippen LogP contribution >= 0.6 is 0 Å². The van der Waals surface area contributed by atoms with Gasteiger partial charge in [-0.15, -0.1) is 5.10 Å². The largest absolute Gasteiger partial charge is 0.381 e. The number of aryl methyl sites for hydroxylation is 1. The first-order valence-corrected chi connectivity index (χ1v) is 7.64. The van der Waals surface area contributed by atoms with Crippen molar-refractivity contribution in [2.24, 2.45) is 0 Å². The molecule has 0 bridgehead atoms. The molecular weight excluding hydrogens is 308 g/mol. The Kier molecular flexibility index (Phi) is 5.10. The number of hydrogen-bond acceptors (Lipinski definition) is 9. The summed E-state index contributed by atoms with van der Waals surface area (Å²) in [7, 11) is 0. The molecule has 2 aromatic rings. The van der Waals surface area contributed by atoms with Gasteiger partial charge >= 0.3 is 0 Å². The molecule has 0 saturated carbocycles. The zero-order valence-electron chi connectivity index (χ0n) is 13.3. The minimum Gasteiger partial charge on any atom is -0.381 e. The summed E-state index contributed by atoms with van der Waals surface area (Å²) in [5, 5.41) is 26.6. The van der Waals surface area contributed by atoms with Crippen molar-refractivity contribution in [2.75, 3.05) is 36.9 Å². The van der Waals surface area contributed by atoms with Crippen LogP contribution in [-0.2, 0) is 4.74 Å². The fourth-order valence-corrected chi connectivity index (χ4v) is 2.25. The highest BCUT2D eigenvalue weighted by Gasteiger charge is 2.14. The molecule has 9 heteroatoms. The first-order valence-electron chi connectivity index (χ1n) is 7.64. The van der Waals surface area contributed by atoms with Gasteiger partial charge in [-0.05, 0) is 6.92 Å². The fraction of sp³-hybridized carbons (Fsp3) is 0.400. The highest BCUT2D eigenvalue weighted by molar-refractivity contribution is 5.59. The van der Waals surface area contributed by atoms with Crippen LogP contribution in [0.4, 0.5) is 17.3 Å².